The summed E-state index contributed by atoms with van der Waals surface area (Å²) in [5.41, 5.74) is 2.94. The number of aryl methyl sites for hydroxylation is 1. The first-order valence-electron chi connectivity index (χ1n) is 8.60. The van der Waals surface area contributed by atoms with Gasteiger partial charge in [-0.25, -0.2) is 0 Å². The molecule has 1 saturated carbocycles. The minimum absolute atomic E-state index is 0.556. The summed E-state index contributed by atoms with van der Waals surface area (Å²) in [4.78, 5) is 0. The van der Waals surface area contributed by atoms with Crippen LogP contribution in [0.4, 0.5) is 0 Å². The van der Waals surface area contributed by atoms with Gasteiger partial charge < -0.3 is 5.32 Å². The van der Waals surface area contributed by atoms with Crippen LogP contribution in [0.2, 0.25) is 0 Å². The van der Waals surface area contributed by atoms with E-state index in [1.165, 1.54) is 43.2 Å². The van der Waals surface area contributed by atoms with Gasteiger partial charge in [0.15, 0.2) is 0 Å². The van der Waals surface area contributed by atoms with Crippen molar-refractivity contribution in [3.05, 3.63) is 35.4 Å². The van der Waals surface area contributed by atoms with Crippen molar-refractivity contribution in [2.24, 2.45) is 11.8 Å². The van der Waals surface area contributed by atoms with E-state index in [0.29, 0.717) is 6.04 Å². The first kappa shape index (κ1) is 15.6. The van der Waals surface area contributed by atoms with E-state index in [2.05, 4.69) is 50.4 Å². The SMILES string of the molecule is CCNC(c1ccc(CC)cc1)C1CCCC(CC)C1. The highest BCUT2D eigenvalue weighted by Gasteiger charge is 2.28. The van der Waals surface area contributed by atoms with E-state index in [1.807, 2.05) is 0 Å². The lowest BCUT2D eigenvalue weighted by Crippen LogP contribution is -2.31. The van der Waals surface area contributed by atoms with Crippen molar-refractivity contribution < 1.29 is 0 Å². The van der Waals surface area contributed by atoms with Gasteiger partial charge in [0.1, 0.15) is 0 Å². The molecule has 0 heterocycles. The van der Waals surface area contributed by atoms with E-state index >= 15 is 0 Å². The lowest BCUT2D eigenvalue weighted by Gasteiger charge is -2.35. The zero-order chi connectivity index (χ0) is 14.4. The van der Waals surface area contributed by atoms with Crippen LogP contribution in [-0.4, -0.2) is 6.54 Å². The molecule has 0 aromatic heterocycles. The summed E-state index contributed by atoms with van der Waals surface area (Å²) in [5.74, 6) is 1.77. The highest BCUT2D eigenvalue weighted by molar-refractivity contribution is 5.25. The predicted octanol–water partition coefficient (Wildman–Crippen LogP) is 5.12. The van der Waals surface area contributed by atoms with Gasteiger partial charge in [0.2, 0.25) is 0 Å². The third-order valence-electron chi connectivity index (χ3n) is 5.04. The number of hydrogen-bond acceptors (Lipinski definition) is 1. The Kier molecular flexibility index (Phi) is 6.09. The zero-order valence-electron chi connectivity index (χ0n) is 13.5. The van der Waals surface area contributed by atoms with Crippen LogP contribution < -0.4 is 5.32 Å². The minimum Gasteiger partial charge on any atom is -0.310 e. The molecule has 0 saturated heterocycles. The normalized spacial score (nSPS) is 24.6. The minimum atomic E-state index is 0.556. The fourth-order valence-electron chi connectivity index (χ4n) is 3.74. The lowest BCUT2D eigenvalue weighted by molar-refractivity contribution is 0.210. The molecule has 1 N–H and O–H groups in total. The number of nitrogens with one attached hydrogen (secondary N) is 1. The van der Waals surface area contributed by atoms with Crippen molar-refractivity contribution in [1.29, 1.82) is 0 Å². The largest absolute Gasteiger partial charge is 0.310 e. The first-order valence-corrected chi connectivity index (χ1v) is 8.60. The molecule has 1 aromatic carbocycles. The fraction of sp³-hybridized carbons (Fsp3) is 0.684. The van der Waals surface area contributed by atoms with Gasteiger partial charge in [0.05, 0.1) is 0 Å². The average Bonchev–Trinajstić information content (AvgIpc) is 2.53. The molecule has 20 heavy (non-hydrogen) atoms. The summed E-state index contributed by atoms with van der Waals surface area (Å²) in [6.45, 7) is 7.87. The van der Waals surface area contributed by atoms with Gasteiger partial charge >= 0.3 is 0 Å². The first-order chi connectivity index (χ1) is 9.78. The van der Waals surface area contributed by atoms with Gasteiger partial charge in [-0.15, -0.1) is 0 Å². The summed E-state index contributed by atoms with van der Waals surface area (Å²) < 4.78 is 0. The second kappa shape index (κ2) is 7.83. The monoisotopic (exact) mass is 273 g/mol. The Hall–Kier alpha value is -0.820. The lowest BCUT2D eigenvalue weighted by atomic mass is 9.75. The van der Waals surface area contributed by atoms with Crippen LogP contribution in [0.25, 0.3) is 0 Å². The number of benzene rings is 1. The molecule has 1 fully saturated rings. The molecule has 3 atom stereocenters. The van der Waals surface area contributed by atoms with Crippen molar-refractivity contribution in [3.63, 3.8) is 0 Å². The standard InChI is InChI=1S/C19H31N/c1-4-15-10-12-17(13-11-15)19(20-6-3)18-9-7-8-16(5-2)14-18/h10-13,16,18-20H,4-9,14H2,1-3H3. The molecule has 3 unspecified atom stereocenters. The smallest absolute Gasteiger partial charge is 0.0348 e. The van der Waals surface area contributed by atoms with E-state index in [9.17, 15) is 0 Å². The molecule has 0 amide bonds. The molecule has 1 aliphatic rings. The Bertz CT molecular complexity index is 381. The van der Waals surface area contributed by atoms with Crippen molar-refractivity contribution >= 4 is 0 Å². The van der Waals surface area contributed by atoms with E-state index in [1.54, 1.807) is 0 Å². The quantitative estimate of drug-likeness (QED) is 0.759. The molecular weight excluding hydrogens is 242 g/mol. The van der Waals surface area contributed by atoms with E-state index in [4.69, 9.17) is 0 Å². The van der Waals surface area contributed by atoms with Crippen LogP contribution in [0.1, 0.15) is 70.0 Å². The molecule has 112 valence electrons. The Morgan fingerprint density at radius 2 is 1.85 bits per heavy atom. The molecular formula is C19H31N. The van der Waals surface area contributed by atoms with Gasteiger partial charge in [0, 0.05) is 6.04 Å². The van der Waals surface area contributed by atoms with Crippen molar-refractivity contribution in [2.75, 3.05) is 6.54 Å². The van der Waals surface area contributed by atoms with Crippen LogP contribution in [0.3, 0.4) is 0 Å². The van der Waals surface area contributed by atoms with E-state index in [-0.39, 0.29) is 0 Å². The van der Waals surface area contributed by atoms with Crippen LogP contribution in [0.5, 0.6) is 0 Å². The number of hydrogen-bond donors (Lipinski definition) is 1. The second-order valence-corrected chi connectivity index (χ2v) is 6.33. The fourth-order valence-corrected chi connectivity index (χ4v) is 3.74. The highest BCUT2D eigenvalue weighted by Crippen LogP contribution is 2.38. The van der Waals surface area contributed by atoms with E-state index < -0.39 is 0 Å². The third kappa shape index (κ3) is 3.85. The Morgan fingerprint density at radius 3 is 2.45 bits per heavy atom. The highest BCUT2D eigenvalue weighted by atomic mass is 14.9. The Morgan fingerprint density at radius 1 is 1.10 bits per heavy atom. The van der Waals surface area contributed by atoms with Gasteiger partial charge in [-0.05, 0) is 48.8 Å². The summed E-state index contributed by atoms with van der Waals surface area (Å²) in [6.07, 6.45) is 8.14. The van der Waals surface area contributed by atoms with Crippen LogP contribution in [0, 0.1) is 11.8 Å². The zero-order valence-corrected chi connectivity index (χ0v) is 13.5. The average molecular weight is 273 g/mol. The molecule has 0 spiro atoms. The summed E-state index contributed by atoms with van der Waals surface area (Å²) in [5, 5.41) is 3.75. The van der Waals surface area contributed by atoms with Gasteiger partial charge in [0.25, 0.3) is 0 Å². The maximum absolute atomic E-state index is 3.75. The van der Waals surface area contributed by atoms with Gasteiger partial charge in [-0.1, -0.05) is 64.3 Å². The van der Waals surface area contributed by atoms with Gasteiger partial charge in [-0.2, -0.15) is 0 Å². The van der Waals surface area contributed by atoms with Crippen LogP contribution >= 0.6 is 0 Å². The molecule has 1 heteroatoms. The van der Waals surface area contributed by atoms with Crippen molar-refractivity contribution in [2.45, 2.75) is 65.3 Å². The molecule has 0 aliphatic heterocycles. The van der Waals surface area contributed by atoms with Crippen LogP contribution in [-0.2, 0) is 6.42 Å². The van der Waals surface area contributed by atoms with Gasteiger partial charge in [-0.3, -0.25) is 0 Å². The summed E-state index contributed by atoms with van der Waals surface area (Å²) in [7, 11) is 0. The molecule has 0 bridgehead atoms. The Labute approximate surface area is 125 Å². The predicted molar refractivity (Wildman–Crippen MR) is 88.0 cm³/mol. The summed E-state index contributed by atoms with van der Waals surface area (Å²) in [6, 6.07) is 9.86. The molecule has 2 rings (SSSR count). The van der Waals surface area contributed by atoms with E-state index in [0.717, 1.165) is 24.8 Å². The molecule has 0 radical (unpaired) electrons. The third-order valence-corrected chi connectivity index (χ3v) is 5.04. The summed E-state index contributed by atoms with van der Waals surface area (Å²) >= 11 is 0. The maximum Gasteiger partial charge on any atom is 0.0348 e. The van der Waals surface area contributed by atoms with Crippen LogP contribution in [0.15, 0.2) is 24.3 Å². The van der Waals surface area contributed by atoms with Crippen molar-refractivity contribution in [1.82, 2.24) is 5.32 Å². The number of rotatable bonds is 6. The molecule has 1 aliphatic carbocycles. The van der Waals surface area contributed by atoms with Crippen molar-refractivity contribution in [3.8, 4) is 0 Å². The maximum atomic E-state index is 3.75. The topological polar surface area (TPSA) is 12.0 Å². The Balaban J connectivity index is 2.12. The second-order valence-electron chi connectivity index (χ2n) is 6.33. The molecule has 1 nitrogen and oxygen atoms in total. The molecule has 1 aromatic rings.